The second kappa shape index (κ2) is 9.22. The first kappa shape index (κ1) is 19.0. The summed E-state index contributed by atoms with van der Waals surface area (Å²) in [4.78, 5) is 23.8. The maximum absolute atomic E-state index is 12.0. The number of methoxy groups -OCH3 is 1. The average Bonchev–Trinajstić information content (AvgIpc) is 2.62. The Hall–Kier alpha value is -2.34. The van der Waals surface area contributed by atoms with Gasteiger partial charge in [-0.15, -0.1) is 0 Å². The fourth-order valence-electron chi connectivity index (χ4n) is 2.27. The van der Waals surface area contributed by atoms with Crippen LogP contribution < -0.4 is 10.1 Å². The van der Waals surface area contributed by atoms with Crippen LogP contribution in [0.3, 0.4) is 0 Å². The van der Waals surface area contributed by atoms with Crippen molar-refractivity contribution in [2.24, 2.45) is 0 Å². The molecule has 0 fully saturated rings. The molecule has 0 heterocycles. The van der Waals surface area contributed by atoms with E-state index >= 15 is 0 Å². The van der Waals surface area contributed by atoms with E-state index in [1.165, 1.54) is 0 Å². The molecule has 0 radical (unpaired) electrons. The molecule has 0 saturated heterocycles. The van der Waals surface area contributed by atoms with E-state index in [9.17, 15) is 9.59 Å². The fourth-order valence-corrected chi connectivity index (χ4v) is 2.68. The normalized spacial score (nSPS) is 10.2. The lowest BCUT2D eigenvalue weighted by molar-refractivity contribution is -0.146. The standard InChI is InChI=1S/C19H20BrNO4/c1-3-14-11-15(20)6-9-17(14)21-18(22)12-25-19(23)10-13-4-7-16(24-2)8-5-13/h4-9,11H,3,10,12H2,1-2H3,(H,21,22). The first-order valence-electron chi connectivity index (χ1n) is 7.88. The summed E-state index contributed by atoms with van der Waals surface area (Å²) in [5.74, 6) is -0.0929. The summed E-state index contributed by atoms with van der Waals surface area (Å²) in [6, 6.07) is 12.7. The number of aryl methyl sites for hydroxylation is 1. The molecule has 0 unspecified atom stereocenters. The van der Waals surface area contributed by atoms with Gasteiger partial charge in [0.15, 0.2) is 6.61 Å². The van der Waals surface area contributed by atoms with Crippen molar-refractivity contribution in [2.75, 3.05) is 19.0 Å². The topological polar surface area (TPSA) is 64.6 Å². The smallest absolute Gasteiger partial charge is 0.310 e. The van der Waals surface area contributed by atoms with Crippen LogP contribution in [-0.2, 0) is 27.2 Å². The lowest BCUT2D eigenvalue weighted by Gasteiger charge is -2.11. The maximum Gasteiger partial charge on any atom is 0.310 e. The number of rotatable bonds is 7. The van der Waals surface area contributed by atoms with E-state index in [1.807, 2.05) is 25.1 Å². The second-order valence-corrected chi connectivity index (χ2v) is 6.30. The van der Waals surface area contributed by atoms with Gasteiger partial charge in [0.05, 0.1) is 13.5 Å². The van der Waals surface area contributed by atoms with Crippen LogP contribution in [0.25, 0.3) is 0 Å². The Morgan fingerprint density at radius 2 is 1.84 bits per heavy atom. The molecule has 0 spiro atoms. The molecule has 2 aromatic carbocycles. The number of hydrogen-bond donors (Lipinski definition) is 1. The second-order valence-electron chi connectivity index (χ2n) is 5.39. The van der Waals surface area contributed by atoms with Gasteiger partial charge in [0.25, 0.3) is 5.91 Å². The van der Waals surface area contributed by atoms with Gasteiger partial charge in [-0.3, -0.25) is 9.59 Å². The number of nitrogens with one attached hydrogen (secondary N) is 1. The molecule has 0 aromatic heterocycles. The zero-order chi connectivity index (χ0) is 18.2. The van der Waals surface area contributed by atoms with Gasteiger partial charge in [0.1, 0.15) is 5.75 Å². The lowest BCUT2D eigenvalue weighted by Crippen LogP contribution is -2.22. The SMILES string of the molecule is CCc1cc(Br)ccc1NC(=O)COC(=O)Cc1ccc(OC)cc1. The number of carbonyl (C=O) groups excluding carboxylic acids is 2. The molecule has 0 saturated carbocycles. The van der Waals surface area contributed by atoms with E-state index in [1.54, 1.807) is 31.4 Å². The number of benzene rings is 2. The van der Waals surface area contributed by atoms with E-state index in [-0.39, 0.29) is 18.9 Å². The molecule has 6 heteroatoms. The predicted molar refractivity (Wildman–Crippen MR) is 99.8 cm³/mol. The fraction of sp³-hybridized carbons (Fsp3) is 0.263. The summed E-state index contributed by atoms with van der Waals surface area (Å²) in [7, 11) is 1.58. The molecule has 0 bridgehead atoms. The molecule has 2 aromatic rings. The molecule has 0 aliphatic rings. The summed E-state index contributed by atoms with van der Waals surface area (Å²) in [6.45, 7) is 1.69. The van der Waals surface area contributed by atoms with Crippen LogP contribution >= 0.6 is 15.9 Å². The Kier molecular flexibility index (Phi) is 7.01. The van der Waals surface area contributed by atoms with E-state index in [4.69, 9.17) is 9.47 Å². The van der Waals surface area contributed by atoms with Crippen LogP contribution in [0.1, 0.15) is 18.1 Å². The number of halogens is 1. The van der Waals surface area contributed by atoms with Crippen LogP contribution in [0, 0.1) is 0 Å². The largest absolute Gasteiger partial charge is 0.497 e. The molecule has 25 heavy (non-hydrogen) atoms. The van der Waals surface area contributed by atoms with Gasteiger partial charge in [-0.25, -0.2) is 0 Å². The molecule has 5 nitrogen and oxygen atoms in total. The lowest BCUT2D eigenvalue weighted by atomic mass is 10.1. The number of amides is 1. The molecule has 132 valence electrons. The van der Waals surface area contributed by atoms with Crippen molar-refractivity contribution in [2.45, 2.75) is 19.8 Å². The summed E-state index contributed by atoms with van der Waals surface area (Å²) in [5.41, 5.74) is 2.53. The van der Waals surface area contributed by atoms with Crippen molar-refractivity contribution in [1.82, 2.24) is 0 Å². The number of hydrogen-bond acceptors (Lipinski definition) is 4. The minimum Gasteiger partial charge on any atom is -0.497 e. The number of carbonyl (C=O) groups is 2. The van der Waals surface area contributed by atoms with E-state index < -0.39 is 5.97 Å². The Balaban J connectivity index is 1.83. The van der Waals surface area contributed by atoms with Crippen molar-refractivity contribution in [3.8, 4) is 5.75 Å². The Bertz CT molecular complexity index is 744. The minimum atomic E-state index is -0.452. The third-order valence-corrected chi connectivity index (χ3v) is 4.09. The first-order chi connectivity index (χ1) is 12.0. The predicted octanol–water partition coefficient (Wildman–Crippen LogP) is 3.74. The van der Waals surface area contributed by atoms with Gasteiger partial charge >= 0.3 is 5.97 Å². The third kappa shape index (κ3) is 5.90. The van der Waals surface area contributed by atoms with Crippen molar-refractivity contribution in [3.63, 3.8) is 0 Å². The zero-order valence-corrected chi connectivity index (χ0v) is 15.8. The highest BCUT2D eigenvalue weighted by Crippen LogP contribution is 2.21. The van der Waals surface area contributed by atoms with Crippen molar-refractivity contribution < 1.29 is 19.1 Å². The molecule has 2 rings (SSSR count). The van der Waals surface area contributed by atoms with Gasteiger partial charge in [-0.05, 0) is 47.9 Å². The van der Waals surface area contributed by atoms with Crippen LogP contribution in [0.4, 0.5) is 5.69 Å². The van der Waals surface area contributed by atoms with Crippen LogP contribution in [0.5, 0.6) is 5.75 Å². The average molecular weight is 406 g/mol. The number of anilines is 1. The van der Waals surface area contributed by atoms with Gasteiger partial charge in [0, 0.05) is 10.2 Å². The quantitative estimate of drug-likeness (QED) is 0.712. The summed E-state index contributed by atoms with van der Waals surface area (Å²) in [5, 5.41) is 2.77. The summed E-state index contributed by atoms with van der Waals surface area (Å²) >= 11 is 3.40. The minimum absolute atomic E-state index is 0.107. The van der Waals surface area contributed by atoms with E-state index in [2.05, 4.69) is 21.2 Å². The van der Waals surface area contributed by atoms with Crippen LogP contribution in [0.15, 0.2) is 46.9 Å². The highest BCUT2D eigenvalue weighted by molar-refractivity contribution is 9.10. The Morgan fingerprint density at radius 3 is 2.48 bits per heavy atom. The maximum atomic E-state index is 12.0. The van der Waals surface area contributed by atoms with Gasteiger partial charge in [0.2, 0.25) is 0 Å². The van der Waals surface area contributed by atoms with Crippen LogP contribution in [0.2, 0.25) is 0 Å². The van der Waals surface area contributed by atoms with E-state index in [0.717, 1.165) is 33.5 Å². The zero-order valence-electron chi connectivity index (χ0n) is 14.2. The third-order valence-electron chi connectivity index (χ3n) is 3.59. The monoisotopic (exact) mass is 405 g/mol. The summed E-state index contributed by atoms with van der Waals surface area (Å²) in [6.07, 6.45) is 0.891. The van der Waals surface area contributed by atoms with Crippen LogP contribution in [-0.4, -0.2) is 25.6 Å². The van der Waals surface area contributed by atoms with Gasteiger partial charge in [-0.2, -0.15) is 0 Å². The van der Waals surface area contributed by atoms with Crippen molar-refractivity contribution in [3.05, 3.63) is 58.1 Å². The molecular formula is C19H20BrNO4. The van der Waals surface area contributed by atoms with Crippen molar-refractivity contribution in [1.29, 1.82) is 0 Å². The van der Waals surface area contributed by atoms with Crippen molar-refractivity contribution >= 4 is 33.5 Å². The molecule has 1 N–H and O–H groups in total. The highest BCUT2D eigenvalue weighted by Gasteiger charge is 2.11. The van der Waals surface area contributed by atoms with Gasteiger partial charge < -0.3 is 14.8 Å². The molecule has 0 aliphatic carbocycles. The number of esters is 1. The Labute approximate surface area is 155 Å². The summed E-state index contributed by atoms with van der Waals surface area (Å²) < 4.78 is 11.1. The molecule has 0 atom stereocenters. The highest BCUT2D eigenvalue weighted by atomic mass is 79.9. The molecule has 1 amide bonds. The first-order valence-corrected chi connectivity index (χ1v) is 8.68. The molecule has 0 aliphatic heterocycles. The van der Waals surface area contributed by atoms with E-state index in [0.29, 0.717) is 0 Å². The molecular weight excluding hydrogens is 386 g/mol. The van der Waals surface area contributed by atoms with Gasteiger partial charge in [-0.1, -0.05) is 35.0 Å². The number of ether oxygens (including phenoxy) is 2. The Morgan fingerprint density at radius 1 is 1.12 bits per heavy atom.